The molecule has 1 aliphatic heterocycles. The van der Waals surface area contributed by atoms with Crippen LogP contribution in [-0.4, -0.2) is 54.2 Å². The number of hydrogen-bond donors (Lipinski definition) is 1. The Kier molecular flexibility index (Phi) is 7.06. The standard InChI is InChI=1S/C25H31N3O3S2/c1-18-15-32-24(27-18)33-16-20-19-7-3-4-8-21(19)31-22(20)23(29)26-17-25(9-5-2-6-10-25)28-11-13-30-14-12-28/h3-4,7-8,15H,2,5-6,9-14,16-17H2,1H3,(H,26,29). The zero-order chi connectivity index (χ0) is 22.7. The van der Waals surface area contributed by atoms with Crippen LogP contribution in [0.2, 0.25) is 0 Å². The van der Waals surface area contributed by atoms with Crippen LogP contribution >= 0.6 is 23.1 Å². The first kappa shape index (κ1) is 22.9. The number of aryl methyl sites for hydroxylation is 1. The Hall–Kier alpha value is -1.87. The molecule has 0 spiro atoms. The highest BCUT2D eigenvalue weighted by atomic mass is 32.2. The van der Waals surface area contributed by atoms with Gasteiger partial charge in [-0.3, -0.25) is 9.69 Å². The largest absolute Gasteiger partial charge is 0.451 e. The number of nitrogens with zero attached hydrogens (tertiary/aromatic N) is 2. The van der Waals surface area contributed by atoms with Gasteiger partial charge in [-0.25, -0.2) is 4.98 Å². The van der Waals surface area contributed by atoms with E-state index in [-0.39, 0.29) is 11.4 Å². The van der Waals surface area contributed by atoms with Gasteiger partial charge in [0.25, 0.3) is 5.91 Å². The van der Waals surface area contributed by atoms with E-state index in [4.69, 9.17) is 9.15 Å². The van der Waals surface area contributed by atoms with Crippen molar-refractivity contribution in [1.29, 1.82) is 0 Å². The smallest absolute Gasteiger partial charge is 0.287 e. The van der Waals surface area contributed by atoms with Gasteiger partial charge in [0.1, 0.15) is 9.92 Å². The van der Waals surface area contributed by atoms with Gasteiger partial charge < -0.3 is 14.5 Å². The van der Waals surface area contributed by atoms with Crippen LogP contribution in [0.3, 0.4) is 0 Å². The van der Waals surface area contributed by atoms with Gasteiger partial charge in [0.05, 0.1) is 13.2 Å². The summed E-state index contributed by atoms with van der Waals surface area (Å²) in [4.78, 5) is 20.6. The zero-order valence-corrected chi connectivity index (χ0v) is 20.7. The van der Waals surface area contributed by atoms with E-state index in [2.05, 4.69) is 20.6 Å². The van der Waals surface area contributed by atoms with Crippen molar-refractivity contribution in [3.63, 3.8) is 0 Å². The van der Waals surface area contributed by atoms with Gasteiger partial charge in [0, 0.05) is 52.9 Å². The van der Waals surface area contributed by atoms with E-state index in [1.807, 2.05) is 31.2 Å². The molecule has 5 rings (SSSR count). The number of thiazole rings is 1. The fraction of sp³-hybridized carbons (Fsp3) is 0.520. The molecule has 1 N–H and O–H groups in total. The summed E-state index contributed by atoms with van der Waals surface area (Å²) in [5.74, 6) is 0.974. The topological polar surface area (TPSA) is 67.6 Å². The summed E-state index contributed by atoms with van der Waals surface area (Å²) < 4.78 is 12.7. The molecule has 0 radical (unpaired) electrons. The first-order valence-electron chi connectivity index (χ1n) is 11.8. The van der Waals surface area contributed by atoms with Gasteiger partial charge in [0.2, 0.25) is 0 Å². The number of fused-ring (bicyclic) bond motifs is 1. The molecular formula is C25H31N3O3S2. The quantitative estimate of drug-likeness (QED) is 0.461. The monoisotopic (exact) mass is 485 g/mol. The van der Waals surface area contributed by atoms with Gasteiger partial charge in [-0.2, -0.15) is 0 Å². The van der Waals surface area contributed by atoms with Crippen molar-refractivity contribution in [2.24, 2.45) is 0 Å². The summed E-state index contributed by atoms with van der Waals surface area (Å²) in [5, 5.41) is 6.33. The molecule has 2 aromatic heterocycles. The van der Waals surface area contributed by atoms with Crippen LogP contribution in [0.4, 0.5) is 0 Å². The predicted octanol–water partition coefficient (Wildman–Crippen LogP) is 5.25. The van der Waals surface area contributed by atoms with Crippen molar-refractivity contribution in [2.45, 2.75) is 54.7 Å². The van der Waals surface area contributed by atoms with E-state index in [0.717, 1.165) is 65.7 Å². The number of carbonyl (C=O) groups is 1. The SMILES string of the molecule is Cc1csc(SCc2c(C(=O)NCC3(N4CCOCC4)CCCCC3)oc3ccccc23)n1. The maximum atomic E-state index is 13.4. The molecule has 6 nitrogen and oxygen atoms in total. The number of amides is 1. The highest BCUT2D eigenvalue weighted by Crippen LogP contribution is 2.35. The van der Waals surface area contributed by atoms with Crippen LogP contribution in [0.25, 0.3) is 11.0 Å². The van der Waals surface area contributed by atoms with Gasteiger partial charge in [-0.05, 0) is 25.8 Å². The molecule has 1 saturated carbocycles. The molecule has 2 aliphatic rings. The summed E-state index contributed by atoms with van der Waals surface area (Å²) in [5.41, 5.74) is 2.76. The molecule has 0 bridgehead atoms. The Bertz CT molecular complexity index is 1100. The number of benzene rings is 1. The maximum absolute atomic E-state index is 13.4. The maximum Gasteiger partial charge on any atom is 0.287 e. The van der Waals surface area contributed by atoms with Crippen molar-refractivity contribution >= 4 is 40.0 Å². The number of para-hydroxylation sites is 1. The van der Waals surface area contributed by atoms with Gasteiger partial charge >= 0.3 is 0 Å². The van der Waals surface area contributed by atoms with Crippen molar-refractivity contribution in [3.05, 3.63) is 46.7 Å². The van der Waals surface area contributed by atoms with E-state index in [9.17, 15) is 4.79 Å². The number of furan rings is 1. The number of hydrogen-bond acceptors (Lipinski definition) is 7. The molecule has 1 amide bonds. The van der Waals surface area contributed by atoms with E-state index in [0.29, 0.717) is 18.1 Å². The summed E-state index contributed by atoms with van der Waals surface area (Å²) in [6.45, 7) is 6.09. The fourth-order valence-electron chi connectivity index (χ4n) is 5.14. The van der Waals surface area contributed by atoms with Crippen LogP contribution in [0.15, 0.2) is 38.4 Å². The molecule has 1 saturated heterocycles. The molecule has 0 unspecified atom stereocenters. The number of ether oxygens (including phenoxy) is 1. The lowest BCUT2D eigenvalue weighted by Crippen LogP contribution is -2.59. The van der Waals surface area contributed by atoms with E-state index < -0.39 is 0 Å². The zero-order valence-electron chi connectivity index (χ0n) is 19.1. The van der Waals surface area contributed by atoms with Gasteiger partial charge in [-0.15, -0.1) is 11.3 Å². The summed E-state index contributed by atoms with van der Waals surface area (Å²) in [7, 11) is 0. The molecular weight excluding hydrogens is 454 g/mol. The average Bonchev–Trinajstić information content (AvgIpc) is 3.45. The second kappa shape index (κ2) is 10.2. The predicted molar refractivity (Wildman–Crippen MR) is 133 cm³/mol. The third-order valence-corrected chi connectivity index (χ3v) is 9.05. The molecule has 33 heavy (non-hydrogen) atoms. The minimum atomic E-state index is -0.115. The van der Waals surface area contributed by atoms with Crippen LogP contribution < -0.4 is 5.32 Å². The molecule has 8 heteroatoms. The number of nitrogens with one attached hydrogen (secondary N) is 1. The Morgan fingerprint density at radius 3 is 2.76 bits per heavy atom. The van der Waals surface area contributed by atoms with E-state index in [1.165, 1.54) is 19.3 Å². The molecule has 3 heterocycles. The highest BCUT2D eigenvalue weighted by Gasteiger charge is 2.39. The minimum absolute atomic E-state index is 0.0248. The second-order valence-electron chi connectivity index (χ2n) is 9.02. The summed E-state index contributed by atoms with van der Waals surface area (Å²) in [6.07, 6.45) is 5.96. The molecule has 1 aliphatic carbocycles. The van der Waals surface area contributed by atoms with Crippen LogP contribution in [-0.2, 0) is 10.5 Å². The summed E-state index contributed by atoms with van der Waals surface area (Å²) >= 11 is 3.30. The van der Waals surface area contributed by atoms with Crippen molar-refractivity contribution in [3.8, 4) is 0 Å². The fourth-order valence-corrected chi connectivity index (χ4v) is 7.01. The highest BCUT2D eigenvalue weighted by molar-refractivity contribution is 8.00. The number of morpholine rings is 1. The minimum Gasteiger partial charge on any atom is -0.451 e. The lowest BCUT2D eigenvalue weighted by molar-refractivity contribution is -0.0362. The molecule has 0 atom stereocenters. The number of aromatic nitrogens is 1. The number of carbonyl (C=O) groups excluding carboxylic acids is 1. The summed E-state index contributed by atoms with van der Waals surface area (Å²) in [6, 6.07) is 7.92. The first-order chi connectivity index (χ1) is 16.1. The third-order valence-electron chi connectivity index (χ3n) is 6.89. The molecule has 3 aromatic rings. The van der Waals surface area contributed by atoms with Crippen LogP contribution in [0, 0.1) is 6.92 Å². The van der Waals surface area contributed by atoms with Crippen molar-refractivity contribution in [1.82, 2.24) is 15.2 Å². The Morgan fingerprint density at radius 2 is 2.00 bits per heavy atom. The lowest BCUT2D eigenvalue weighted by atomic mass is 9.79. The van der Waals surface area contributed by atoms with Crippen LogP contribution in [0.5, 0.6) is 0 Å². The number of rotatable bonds is 7. The van der Waals surface area contributed by atoms with Crippen molar-refractivity contribution in [2.75, 3.05) is 32.8 Å². The Labute approximate surface area is 203 Å². The molecule has 1 aromatic carbocycles. The second-order valence-corrected chi connectivity index (χ2v) is 11.1. The van der Waals surface area contributed by atoms with E-state index in [1.54, 1.807) is 23.1 Å². The lowest BCUT2D eigenvalue weighted by Gasteiger charge is -2.48. The van der Waals surface area contributed by atoms with Crippen molar-refractivity contribution < 1.29 is 13.9 Å². The Morgan fingerprint density at radius 1 is 1.21 bits per heavy atom. The van der Waals surface area contributed by atoms with E-state index >= 15 is 0 Å². The van der Waals surface area contributed by atoms with Gasteiger partial charge in [0.15, 0.2) is 5.76 Å². The molecule has 2 fully saturated rings. The first-order valence-corrected chi connectivity index (χ1v) is 13.7. The van der Waals surface area contributed by atoms with Gasteiger partial charge in [-0.1, -0.05) is 49.2 Å². The third kappa shape index (κ3) is 4.99. The average molecular weight is 486 g/mol. The van der Waals surface area contributed by atoms with Crippen LogP contribution in [0.1, 0.15) is 53.9 Å². The number of thioether (sulfide) groups is 1. The Balaban J connectivity index is 1.36. The molecule has 176 valence electrons. The normalized spacial score (nSPS) is 19.1.